The molecule has 33 heavy (non-hydrogen) atoms. The van der Waals surface area contributed by atoms with Gasteiger partial charge in [0.2, 0.25) is 5.88 Å². The lowest BCUT2D eigenvalue weighted by molar-refractivity contribution is 0.0836. The Labute approximate surface area is 196 Å². The summed E-state index contributed by atoms with van der Waals surface area (Å²) < 4.78 is 7.18. The van der Waals surface area contributed by atoms with Crippen LogP contribution in [0.4, 0.5) is 0 Å². The molecule has 176 valence electrons. The Bertz CT molecular complexity index is 1160. The Hall–Kier alpha value is -2.73. The number of methoxy groups -OCH3 is 1. The van der Waals surface area contributed by atoms with Crippen LogP contribution in [-0.2, 0) is 6.54 Å². The van der Waals surface area contributed by atoms with Crippen LogP contribution in [0.15, 0.2) is 41.3 Å². The first-order valence-electron chi connectivity index (χ1n) is 12.2. The molecule has 6 heteroatoms. The van der Waals surface area contributed by atoms with Gasteiger partial charge in [0.15, 0.2) is 0 Å². The second kappa shape index (κ2) is 10.0. The second-order valence-electron chi connectivity index (χ2n) is 9.54. The number of hydrogen-bond acceptors (Lipinski definition) is 5. The molecule has 3 aromatic rings. The van der Waals surface area contributed by atoms with Crippen molar-refractivity contribution >= 4 is 10.9 Å². The summed E-state index contributed by atoms with van der Waals surface area (Å²) in [7, 11) is 1.61. The number of hydrogen-bond donors (Lipinski definition) is 0. The van der Waals surface area contributed by atoms with Crippen LogP contribution in [0.2, 0.25) is 0 Å². The molecule has 1 saturated heterocycles. The number of likely N-dealkylation sites (tertiary alicyclic amines) is 1. The van der Waals surface area contributed by atoms with E-state index in [1.165, 1.54) is 6.42 Å². The van der Waals surface area contributed by atoms with Gasteiger partial charge >= 0.3 is 0 Å². The molecule has 2 aromatic heterocycles. The maximum absolute atomic E-state index is 13.5. The maximum atomic E-state index is 13.5. The summed E-state index contributed by atoms with van der Waals surface area (Å²) in [6.07, 6.45) is 5.05. The van der Waals surface area contributed by atoms with Gasteiger partial charge in [0.05, 0.1) is 24.1 Å². The first kappa shape index (κ1) is 23.4. The lowest BCUT2D eigenvalue weighted by Gasteiger charge is -2.40. The Morgan fingerprint density at radius 3 is 2.48 bits per heavy atom. The minimum Gasteiger partial charge on any atom is -0.481 e. The molecule has 6 nitrogen and oxygen atoms in total. The second-order valence-corrected chi connectivity index (χ2v) is 9.54. The van der Waals surface area contributed by atoms with Gasteiger partial charge in [-0.25, -0.2) is 9.97 Å². The SMILES string of the molecule is CCCC(c1nc2cc(-c3ccnc(OC)c3)ccc2c(=O)n1CC)N1C[C@H](C)C[C@H](C)C1. The van der Waals surface area contributed by atoms with Crippen molar-refractivity contribution in [2.75, 3.05) is 20.2 Å². The molecule has 0 radical (unpaired) electrons. The maximum Gasteiger partial charge on any atom is 0.261 e. The van der Waals surface area contributed by atoms with Crippen molar-refractivity contribution in [2.24, 2.45) is 11.8 Å². The Balaban J connectivity index is 1.84. The van der Waals surface area contributed by atoms with Gasteiger partial charge in [-0.05, 0) is 60.9 Å². The van der Waals surface area contributed by atoms with Crippen LogP contribution in [0.3, 0.4) is 0 Å². The third-order valence-electron chi connectivity index (χ3n) is 6.78. The van der Waals surface area contributed by atoms with Crippen molar-refractivity contribution < 1.29 is 4.74 Å². The molecule has 1 aliphatic rings. The summed E-state index contributed by atoms with van der Waals surface area (Å²) in [6.45, 7) is 11.7. The van der Waals surface area contributed by atoms with E-state index in [0.717, 1.165) is 48.4 Å². The molecule has 1 unspecified atom stereocenters. The Morgan fingerprint density at radius 1 is 1.09 bits per heavy atom. The lowest BCUT2D eigenvalue weighted by atomic mass is 9.90. The first-order chi connectivity index (χ1) is 15.9. The fourth-order valence-electron chi connectivity index (χ4n) is 5.39. The molecule has 0 bridgehead atoms. The van der Waals surface area contributed by atoms with E-state index in [4.69, 9.17) is 9.72 Å². The minimum atomic E-state index is 0.0515. The van der Waals surface area contributed by atoms with E-state index in [2.05, 4.69) is 30.7 Å². The highest BCUT2D eigenvalue weighted by atomic mass is 16.5. The quantitative estimate of drug-likeness (QED) is 0.490. The van der Waals surface area contributed by atoms with Gasteiger partial charge in [0.25, 0.3) is 5.56 Å². The van der Waals surface area contributed by atoms with Crippen LogP contribution in [-0.4, -0.2) is 39.6 Å². The molecule has 1 fully saturated rings. The van der Waals surface area contributed by atoms with E-state index >= 15 is 0 Å². The van der Waals surface area contributed by atoms with Crippen LogP contribution in [0.25, 0.3) is 22.0 Å². The molecule has 3 heterocycles. The third kappa shape index (κ3) is 4.81. The van der Waals surface area contributed by atoms with Crippen LogP contribution in [0, 0.1) is 11.8 Å². The van der Waals surface area contributed by atoms with E-state index in [-0.39, 0.29) is 11.6 Å². The van der Waals surface area contributed by atoms with Crippen molar-refractivity contribution in [1.29, 1.82) is 0 Å². The minimum absolute atomic E-state index is 0.0515. The molecule has 3 atom stereocenters. The Kier molecular flexibility index (Phi) is 7.13. The van der Waals surface area contributed by atoms with Gasteiger partial charge in [-0.1, -0.05) is 33.3 Å². The zero-order valence-corrected chi connectivity index (χ0v) is 20.5. The number of nitrogens with zero attached hydrogens (tertiary/aromatic N) is 4. The first-order valence-corrected chi connectivity index (χ1v) is 12.2. The van der Waals surface area contributed by atoms with Crippen molar-refractivity contribution in [3.63, 3.8) is 0 Å². The van der Waals surface area contributed by atoms with Crippen LogP contribution < -0.4 is 10.3 Å². The number of aromatic nitrogens is 3. The highest BCUT2D eigenvalue weighted by Gasteiger charge is 2.31. The van der Waals surface area contributed by atoms with Crippen LogP contribution in [0.1, 0.15) is 58.8 Å². The zero-order valence-electron chi connectivity index (χ0n) is 20.5. The van der Waals surface area contributed by atoms with E-state index < -0.39 is 0 Å². The summed E-state index contributed by atoms with van der Waals surface area (Å²) in [5.74, 6) is 2.79. The summed E-state index contributed by atoms with van der Waals surface area (Å²) in [4.78, 5) is 25.5. The van der Waals surface area contributed by atoms with E-state index in [1.807, 2.05) is 41.8 Å². The molecule has 0 N–H and O–H groups in total. The largest absolute Gasteiger partial charge is 0.481 e. The molecule has 4 rings (SSSR count). The summed E-state index contributed by atoms with van der Waals surface area (Å²) >= 11 is 0. The number of rotatable bonds is 7. The molecule has 1 aliphatic heterocycles. The van der Waals surface area contributed by atoms with Gasteiger partial charge in [-0.2, -0.15) is 0 Å². The van der Waals surface area contributed by atoms with E-state index in [0.29, 0.717) is 29.6 Å². The fourth-order valence-corrected chi connectivity index (χ4v) is 5.39. The monoisotopic (exact) mass is 448 g/mol. The van der Waals surface area contributed by atoms with Crippen LogP contribution >= 0.6 is 0 Å². The predicted octanol–water partition coefficient (Wildman–Crippen LogP) is 5.31. The average molecular weight is 449 g/mol. The molecular formula is C27H36N4O2. The van der Waals surface area contributed by atoms with Gasteiger partial charge in [-0.3, -0.25) is 14.3 Å². The van der Waals surface area contributed by atoms with E-state index in [1.54, 1.807) is 13.3 Å². The van der Waals surface area contributed by atoms with E-state index in [9.17, 15) is 4.79 Å². The summed E-state index contributed by atoms with van der Waals surface area (Å²) in [6, 6.07) is 9.93. The number of benzene rings is 1. The number of ether oxygens (including phenoxy) is 1. The fraction of sp³-hybridized carbons (Fsp3) is 0.519. The molecule has 0 saturated carbocycles. The van der Waals surface area contributed by atoms with Gasteiger partial charge in [-0.15, -0.1) is 0 Å². The molecule has 0 amide bonds. The Morgan fingerprint density at radius 2 is 1.82 bits per heavy atom. The van der Waals surface area contributed by atoms with Crippen molar-refractivity contribution in [3.05, 3.63) is 52.7 Å². The highest BCUT2D eigenvalue weighted by molar-refractivity contribution is 5.83. The van der Waals surface area contributed by atoms with Gasteiger partial charge in [0.1, 0.15) is 5.82 Å². The number of pyridine rings is 1. The molecule has 1 aromatic carbocycles. The zero-order chi connectivity index (χ0) is 23.5. The average Bonchev–Trinajstić information content (AvgIpc) is 2.81. The van der Waals surface area contributed by atoms with Gasteiger partial charge in [0, 0.05) is 31.9 Å². The topological polar surface area (TPSA) is 60.3 Å². The highest BCUT2D eigenvalue weighted by Crippen LogP contribution is 2.32. The third-order valence-corrected chi connectivity index (χ3v) is 6.78. The normalized spacial score (nSPS) is 20.2. The van der Waals surface area contributed by atoms with Crippen molar-refractivity contribution in [1.82, 2.24) is 19.4 Å². The molecular weight excluding hydrogens is 412 g/mol. The predicted molar refractivity (Wildman–Crippen MR) is 134 cm³/mol. The van der Waals surface area contributed by atoms with Crippen molar-refractivity contribution in [2.45, 2.75) is 59.5 Å². The smallest absolute Gasteiger partial charge is 0.261 e. The summed E-state index contributed by atoms with van der Waals surface area (Å²) in [5, 5.41) is 0.668. The standard InChI is InChI=1S/C27H36N4O2/c1-6-8-24(30-16-18(3)13-19(4)17-30)26-29-23-14-20(21-11-12-28-25(15-21)33-5)9-10-22(23)27(32)31(26)7-2/h9-12,14-15,18-19,24H,6-8,13,16-17H2,1-5H3/t18-,19+,24?. The number of fused-ring (bicyclic) bond motifs is 1. The van der Waals surface area contributed by atoms with Crippen LogP contribution in [0.5, 0.6) is 5.88 Å². The summed E-state index contributed by atoms with van der Waals surface area (Å²) in [5.41, 5.74) is 2.81. The van der Waals surface area contributed by atoms with Gasteiger partial charge < -0.3 is 4.74 Å². The number of piperidine rings is 1. The lowest BCUT2D eigenvalue weighted by Crippen LogP contribution is -2.43. The van der Waals surface area contributed by atoms with Crippen molar-refractivity contribution in [3.8, 4) is 17.0 Å². The molecule has 0 aliphatic carbocycles. The molecule has 0 spiro atoms.